The number of halogens is 1. The minimum atomic E-state index is -0.522. The molecule has 4 nitrogen and oxygen atoms in total. The highest BCUT2D eigenvalue weighted by molar-refractivity contribution is 5.61. The Balaban J connectivity index is 1.59. The third-order valence-electron chi connectivity index (χ3n) is 6.26. The summed E-state index contributed by atoms with van der Waals surface area (Å²) in [6.07, 6.45) is 8.22. The first-order valence-corrected chi connectivity index (χ1v) is 9.36. The molecule has 2 aromatic rings. The van der Waals surface area contributed by atoms with Crippen molar-refractivity contribution in [1.29, 1.82) is 0 Å². The highest BCUT2D eigenvalue weighted by Crippen LogP contribution is 2.57. The molecule has 2 heterocycles. The summed E-state index contributed by atoms with van der Waals surface area (Å²) in [6.45, 7) is 5.01. The molecule has 1 aromatic heterocycles. The maximum atomic E-state index is 13.3. The standard InChI is InChI=1S/C21H23FN2O2/c1-14-13-25-21(26-14)9-3-4-16-10-19-15(11-20(16,21)2)12-23-24(19)18-7-5-17(22)6-8-18/h5-8,10,12,14H,3-4,9,11,13H2,1-2H3/t14-,20-,21-/m0/s1. The van der Waals surface area contributed by atoms with E-state index in [1.165, 1.54) is 23.3 Å². The van der Waals surface area contributed by atoms with Gasteiger partial charge in [-0.15, -0.1) is 0 Å². The van der Waals surface area contributed by atoms with Gasteiger partial charge >= 0.3 is 0 Å². The number of nitrogens with zero attached hydrogens (tertiary/aromatic N) is 2. The van der Waals surface area contributed by atoms with Crippen LogP contribution < -0.4 is 0 Å². The van der Waals surface area contributed by atoms with Crippen molar-refractivity contribution in [2.75, 3.05) is 6.61 Å². The van der Waals surface area contributed by atoms with Crippen molar-refractivity contribution in [3.05, 3.63) is 53.1 Å². The van der Waals surface area contributed by atoms with Gasteiger partial charge in [-0.3, -0.25) is 0 Å². The normalized spacial score (nSPS) is 33.0. The lowest BCUT2D eigenvalue weighted by Crippen LogP contribution is -2.53. The van der Waals surface area contributed by atoms with Crippen LogP contribution in [0, 0.1) is 11.2 Å². The van der Waals surface area contributed by atoms with Gasteiger partial charge in [-0.05, 0) is 62.1 Å². The summed E-state index contributed by atoms with van der Waals surface area (Å²) in [6, 6.07) is 6.48. The van der Waals surface area contributed by atoms with Crippen molar-refractivity contribution in [1.82, 2.24) is 9.78 Å². The van der Waals surface area contributed by atoms with Crippen LogP contribution in [0.2, 0.25) is 0 Å². The summed E-state index contributed by atoms with van der Waals surface area (Å²) >= 11 is 0. The first-order chi connectivity index (χ1) is 12.5. The van der Waals surface area contributed by atoms with Crippen LogP contribution in [-0.2, 0) is 15.9 Å². The predicted molar refractivity (Wildman–Crippen MR) is 96.4 cm³/mol. The Morgan fingerprint density at radius 2 is 2.08 bits per heavy atom. The molecular weight excluding hydrogens is 331 g/mol. The number of benzene rings is 1. The molecule has 5 rings (SSSR count). The highest BCUT2D eigenvalue weighted by atomic mass is 19.1. The summed E-state index contributed by atoms with van der Waals surface area (Å²) in [5.41, 5.74) is 4.36. The van der Waals surface area contributed by atoms with E-state index in [1.807, 2.05) is 10.9 Å². The van der Waals surface area contributed by atoms with Crippen LogP contribution in [0.3, 0.4) is 0 Å². The van der Waals surface area contributed by atoms with Crippen molar-refractivity contribution in [3.63, 3.8) is 0 Å². The molecule has 26 heavy (non-hydrogen) atoms. The molecule has 3 atom stereocenters. The monoisotopic (exact) mass is 354 g/mol. The van der Waals surface area contributed by atoms with E-state index >= 15 is 0 Å². The fourth-order valence-corrected chi connectivity index (χ4v) is 4.87. The molecule has 0 radical (unpaired) electrons. The van der Waals surface area contributed by atoms with Crippen LogP contribution in [0.4, 0.5) is 4.39 Å². The molecule has 3 aliphatic rings. The molecule has 0 N–H and O–H groups in total. The van der Waals surface area contributed by atoms with Gasteiger partial charge in [-0.25, -0.2) is 9.07 Å². The van der Waals surface area contributed by atoms with E-state index in [9.17, 15) is 4.39 Å². The first-order valence-electron chi connectivity index (χ1n) is 9.36. The summed E-state index contributed by atoms with van der Waals surface area (Å²) < 4.78 is 27.8. The van der Waals surface area contributed by atoms with E-state index in [-0.39, 0.29) is 17.3 Å². The smallest absolute Gasteiger partial charge is 0.178 e. The Bertz CT molecular complexity index is 884. The average molecular weight is 354 g/mol. The summed E-state index contributed by atoms with van der Waals surface area (Å²) in [7, 11) is 0. The molecule has 0 unspecified atom stereocenters. The van der Waals surface area contributed by atoms with Crippen molar-refractivity contribution >= 4 is 6.08 Å². The molecule has 136 valence electrons. The topological polar surface area (TPSA) is 36.3 Å². The van der Waals surface area contributed by atoms with Gasteiger partial charge in [0.1, 0.15) is 5.82 Å². The van der Waals surface area contributed by atoms with E-state index in [4.69, 9.17) is 9.47 Å². The SMILES string of the molecule is C[C@H]1CO[C@@]2(CCCC3=Cc4c(cnn4-c4ccc(F)cc4)C[C@@]32C)O1. The van der Waals surface area contributed by atoms with E-state index in [0.717, 1.165) is 37.1 Å². The van der Waals surface area contributed by atoms with Crippen molar-refractivity contribution in [2.45, 2.75) is 51.4 Å². The Morgan fingerprint density at radius 3 is 2.81 bits per heavy atom. The number of hydrogen-bond donors (Lipinski definition) is 0. The molecule has 1 saturated carbocycles. The van der Waals surface area contributed by atoms with Crippen molar-refractivity contribution < 1.29 is 13.9 Å². The predicted octanol–water partition coefficient (Wildman–Crippen LogP) is 4.27. The molecule has 2 aliphatic carbocycles. The molecule has 5 heteroatoms. The Morgan fingerprint density at radius 1 is 1.27 bits per heavy atom. The lowest BCUT2D eigenvalue weighted by Gasteiger charge is -2.51. The average Bonchev–Trinajstić information content (AvgIpc) is 3.19. The lowest BCUT2D eigenvalue weighted by molar-refractivity contribution is -0.241. The molecule has 1 saturated heterocycles. The van der Waals surface area contributed by atoms with Crippen LogP contribution in [0.1, 0.15) is 44.4 Å². The number of aromatic nitrogens is 2. The first kappa shape index (κ1) is 16.2. The molecule has 2 fully saturated rings. The van der Waals surface area contributed by atoms with E-state index in [2.05, 4.69) is 25.0 Å². The maximum absolute atomic E-state index is 13.3. The molecule has 1 aromatic carbocycles. The van der Waals surface area contributed by atoms with Crippen LogP contribution in [0.5, 0.6) is 0 Å². The zero-order valence-corrected chi connectivity index (χ0v) is 15.2. The van der Waals surface area contributed by atoms with Crippen LogP contribution >= 0.6 is 0 Å². The Labute approximate surface area is 152 Å². The number of hydrogen-bond acceptors (Lipinski definition) is 3. The van der Waals surface area contributed by atoms with Gasteiger partial charge in [0.05, 0.1) is 30.3 Å². The molecule has 1 spiro atoms. The largest absolute Gasteiger partial charge is 0.346 e. The summed E-state index contributed by atoms with van der Waals surface area (Å²) in [5, 5.41) is 4.58. The van der Waals surface area contributed by atoms with Gasteiger partial charge in [0.15, 0.2) is 5.79 Å². The summed E-state index contributed by atoms with van der Waals surface area (Å²) in [5.74, 6) is -0.758. The fourth-order valence-electron chi connectivity index (χ4n) is 4.87. The van der Waals surface area contributed by atoms with Crippen LogP contribution in [-0.4, -0.2) is 28.3 Å². The van der Waals surface area contributed by atoms with E-state index in [1.54, 1.807) is 12.1 Å². The molecule has 1 aliphatic heterocycles. The molecule has 0 amide bonds. The van der Waals surface area contributed by atoms with Crippen molar-refractivity contribution in [2.24, 2.45) is 5.41 Å². The van der Waals surface area contributed by atoms with Gasteiger partial charge in [0, 0.05) is 11.8 Å². The second-order valence-electron chi connectivity index (χ2n) is 7.97. The number of ether oxygens (including phenoxy) is 2. The minimum absolute atomic E-state index is 0.134. The van der Waals surface area contributed by atoms with Gasteiger partial charge in [0.2, 0.25) is 0 Å². The van der Waals surface area contributed by atoms with E-state index in [0.29, 0.717) is 6.61 Å². The third-order valence-corrected chi connectivity index (χ3v) is 6.26. The van der Waals surface area contributed by atoms with Crippen LogP contribution in [0.25, 0.3) is 11.8 Å². The lowest BCUT2D eigenvalue weighted by atomic mass is 9.62. The second-order valence-corrected chi connectivity index (χ2v) is 7.97. The van der Waals surface area contributed by atoms with E-state index < -0.39 is 5.79 Å². The highest BCUT2D eigenvalue weighted by Gasteiger charge is 2.58. The van der Waals surface area contributed by atoms with Gasteiger partial charge in [-0.1, -0.05) is 12.5 Å². The Hall–Kier alpha value is -1.98. The zero-order chi connectivity index (χ0) is 17.9. The second kappa shape index (κ2) is 5.51. The third kappa shape index (κ3) is 2.17. The zero-order valence-electron chi connectivity index (χ0n) is 15.2. The van der Waals surface area contributed by atoms with Gasteiger partial charge in [-0.2, -0.15) is 5.10 Å². The summed E-state index contributed by atoms with van der Waals surface area (Å²) in [4.78, 5) is 0. The minimum Gasteiger partial charge on any atom is -0.346 e. The van der Waals surface area contributed by atoms with Gasteiger partial charge in [0.25, 0.3) is 0 Å². The van der Waals surface area contributed by atoms with Gasteiger partial charge < -0.3 is 9.47 Å². The fraction of sp³-hybridized carbons (Fsp3) is 0.476. The molecular formula is C21H23FN2O2. The number of fused-ring (bicyclic) bond motifs is 3. The quantitative estimate of drug-likeness (QED) is 0.767. The Kier molecular flexibility index (Phi) is 3.43. The molecule has 0 bridgehead atoms. The van der Waals surface area contributed by atoms with Crippen molar-refractivity contribution in [3.8, 4) is 5.69 Å². The number of rotatable bonds is 1. The maximum Gasteiger partial charge on any atom is 0.178 e. The van der Waals surface area contributed by atoms with Crippen LogP contribution in [0.15, 0.2) is 36.0 Å².